The number of carbonyl (C=O) groups is 1. The molecule has 0 bridgehead atoms. The number of methoxy groups -OCH3 is 1. The number of piperidine rings is 1. The summed E-state index contributed by atoms with van der Waals surface area (Å²) in [4.78, 5) is 29.7. The van der Waals surface area contributed by atoms with Crippen molar-refractivity contribution < 1.29 is 13.9 Å². The van der Waals surface area contributed by atoms with Crippen LogP contribution in [0.15, 0.2) is 59.5 Å². The van der Waals surface area contributed by atoms with E-state index in [1.165, 1.54) is 11.6 Å². The Hall–Kier alpha value is -3.71. The van der Waals surface area contributed by atoms with Crippen molar-refractivity contribution >= 4 is 16.8 Å². The molecule has 1 N–H and O–H groups in total. The first-order valence-electron chi connectivity index (χ1n) is 14.7. The Morgan fingerprint density at radius 2 is 1.90 bits per heavy atom. The van der Waals surface area contributed by atoms with Crippen LogP contribution in [0.2, 0.25) is 0 Å². The van der Waals surface area contributed by atoms with Crippen molar-refractivity contribution in [2.24, 2.45) is 0 Å². The molecule has 5 rings (SSSR count). The standard InChI is InChI=1S/C34H40FN3O3/c1-23-20-28(21-36-34(23)40)26-15-13-25(14-16-26)8-4-12-31(39)37-17-6-9-27(22-37)32-24(2)29-10-5-11-30(35)33(29)38(32)18-7-19-41-3/h5,10-11,13-16,20-21,27H,4,6-9,12,17-19,22H2,1-3H3,(H,36,40). The van der Waals surface area contributed by atoms with Gasteiger partial charge in [0.15, 0.2) is 0 Å². The number of ether oxygens (including phenoxy) is 1. The number of carbonyl (C=O) groups excluding carboxylic acids is 1. The highest BCUT2D eigenvalue weighted by atomic mass is 19.1. The molecule has 216 valence electrons. The number of hydrogen-bond donors (Lipinski definition) is 1. The Morgan fingerprint density at radius 3 is 2.66 bits per heavy atom. The number of nitrogens with one attached hydrogen (secondary N) is 1. The summed E-state index contributed by atoms with van der Waals surface area (Å²) in [6.07, 6.45) is 6.63. The number of H-pyrrole nitrogens is 1. The van der Waals surface area contributed by atoms with Crippen molar-refractivity contribution in [3.63, 3.8) is 0 Å². The van der Waals surface area contributed by atoms with E-state index in [4.69, 9.17) is 4.74 Å². The number of amides is 1. The van der Waals surface area contributed by atoms with Gasteiger partial charge in [0, 0.05) is 68.5 Å². The van der Waals surface area contributed by atoms with Gasteiger partial charge >= 0.3 is 0 Å². The average Bonchev–Trinajstić information content (AvgIpc) is 3.27. The molecule has 1 atom stereocenters. The zero-order chi connectivity index (χ0) is 28.9. The lowest BCUT2D eigenvalue weighted by Gasteiger charge is -2.34. The number of pyridine rings is 1. The van der Waals surface area contributed by atoms with Gasteiger partial charge in [-0.15, -0.1) is 0 Å². The number of benzene rings is 2. The maximum Gasteiger partial charge on any atom is 0.250 e. The maximum atomic E-state index is 15.0. The number of aryl methyl sites for hydroxylation is 4. The van der Waals surface area contributed by atoms with E-state index >= 15 is 4.39 Å². The molecular weight excluding hydrogens is 517 g/mol. The van der Waals surface area contributed by atoms with Gasteiger partial charge in [-0.25, -0.2) is 4.39 Å². The lowest BCUT2D eigenvalue weighted by atomic mass is 9.91. The first-order valence-corrected chi connectivity index (χ1v) is 14.7. The number of rotatable bonds is 10. The molecule has 0 saturated carbocycles. The van der Waals surface area contributed by atoms with Gasteiger partial charge in [0.05, 0.1) is 5.52 Å². The number of para-hydroxylation sites is 1. The molecule has 1 aliphatic heterocycles. The number of aromatic nitrogens is 2. The number of halogens is 1. The van der Waals surface area contributed by atoms with E-state index in [2.05, 4.69) is 40.7 Å². The van der Waals surface area contributed by atoms with Crippen LogP contribution in [-0.4, -0.2) is 47.2 Å². The maximum absolute atomic E-state index is 15.0. The van der Waals surface area contributed by atoms with Crippen LogP contribution in [0, 0.1) is 19.7 Å². The Kier molecular flexibility index (Phi) is 9.03. The number of fused-ring (bicyclic) bond motifs is 1. The van der Waals surface area contributed by atoms with Crippen LogP contribution >= 0.6 is 0 Å². The summed E-state index contributed by atoms with van der Waals surface area (Å²) >= 11 is 0. The van der Waals surface area contributed by atoms with Crippen molar-refractivity contribution in [3.8, 4) is 11.1 Å². The first kappa shape index (κ1) is 28.8. The number of likely N-dealkylation sites (tertiary alicyclic amines) is 1. The van der Waals surface area contributed by atoms with Gasteiger partial charge in [0.25, 0.3) is 5.56 Å². The highest BCUT2D eigenvalue weighted by Gasteiger charge is 2.29. The van der Waals surface area contributed by atoms with Gasteiger partial charge in [-0.05, 0) is 80.3 Å². The fourth-order valence-electron chi connectivity index (χ4n) is 6.34. The summed E-state index contributed by atoms with van der Waals surface area (Å²) in [5.74, 6) is 0.187. The Labute approximate surface area is 241 Å². The normalized spacial score (nSPS) is 15.5. The average molecular weight is 558 g/mol. The number of hydrogen-bond acceptors (Lipinski definition) is 3. The van der Waals surface area contributed by atoms with Crippen LogP contribution in [0.5, 0.6) is 0 Å². The van der Waals surface area contributed by atoms with E-state index in [0.717, 1.165) is 66.4 Å². The predicted molar refractivity (Wildman–Crippen MR) is 162 cm³/mol. The molecule has 1 aliphatic rings. The fraction of sp³-hybridized carbons (Fsp3) is 0.412. The first-order chi connectivity index (χ1) is 19.9. The number of nitrogens with zero attached hydrogens (tertiary/aromatic N) is 2. The Balaban J connectivity index is 1.22. The van der Waals surface area contributed by atoms with Gasteiger partial charge in [-0.1, -0.05) is 36.4 Å². The second-order valence-electron chi connectivity index (χ2n) is 11.3. The highest BCUT2D eigenvalue weighted by Crippen LogP contribution is 2.37. The summed E-state index contributed by atoms with van der Waals surface area (Å²) in [5.41, 5.74) is 6.81. The van der Waals surface area contributed by atoms with Crippen molar-refractivity contribution in [1.82, 2.24) is 14.5 Å². The lowest BCUT2D eigenvalue weighted by Crippen LogP contribution is -2.39. The lowest BCUT2D eigenvalue weighted by molar-refractivity contribution is -0.132. The SMILES string of the molecule is COCCCn1c(C2CCCN(C(=O)CCCc3ccc(-c4c[nH]c(=O)c(C)c4)cc3)C2)c(C)c2cccc(F)c21. The molecule has 1 amide bonds. The van der Waals surface area contributed by atoms with Crippen LogP contribution in [0.1, 0.15) is 60.4 Å². The molecule has 41 heavy (non-hydrogen) atoms. The van der Waals surface area contributed by atoms with Crippen LogP contribution in [0.3, 0.4) is 0 Å². The molecule has 6 nitrogen and oxygen atoms in total. The van der Waals surface area contributed by atoms with Crippen LogP contribution < -0.4 is 5.56 Å². The van der Waals surface area contributed by atoms with Crippen molar-refractivity contribution in [2.75, 3.05) is 26.8 Å². The predicted octanol–water partition coefficient (Wildman–Crippen LogP) is 6.52. The summed E-state index contributed by atoms with van der Waals surface area (Å²) in [5, 5.41) is 0.961. The zero-order valence-corrected chi connectivity index (χ0v) is 24.3. The summed E-state index contributed by atoms with van der Waals surface area (Å²) in [7, 11) is 1.69. The number of aromatic amines is 1. The molecule has 1 fully saturated rings. The summed E-state index contributed by atoms with van der Waals surface area (Å²) in [6.45, 7) is 6.67. The van der Waals surface area contributed by atoms with E-state index < -0.39 is 0 Å². The third kappa shape index (κ3) is 6.30. The van der Waals surface area contributed by atoms with Crippen LogP contribution in [0.4, 0.5) is 4.39 Å². The summed E-state index contributed by atoms with van der Waals surface area (Å²) in [6, 6.07) is 15.5. The minimum atomic E-state index is -0.195. The van der Waals surface area contributed by atoms with Crippen molar-refractivity contribution in [2.45, 2.75) is 64.8 Å². The van der Waals surface area contributed by atoms with Crippen LogP contribution in [-0.2, 0) is 22.5 Å². The molecule has 3 heterocycles. The van der Waals surface area contributed by atoms with Crippen molar-refractivity contribution in [3.05, 3.63) is 93.3 Å². The summed E-state index contributed by atoms with van der Waals surface area (Å²) < 4.78 is 22.4. The fourth-order valence-corrected chi connectivity index (χ4v) is 6.34. The molecule has 0 aliphatic carbocycles. The Morgan fingerprint density at radius 1 is 1.10 bits per heavy atom. The Bertz CT molecular complexity index is 1570. The smallest absolute Gasteiger partial charge is 0.250 e. The third-order valence-electron chi connectivity index (χ3n) is 8.46. The minimum Gasteiger partial charge on any atom is -0.385 e. The molecule has 0 radical (unpaired) electrons. The molecule has 1 unspecified atom stereocenters. The highest BCUT2D eigenvalue weighted by molar-refractivity contribution is 5.86. The molecule has 1 saturated heterocycles. The van der Waals surface area contributed by atoms with E-state index in [1.807, 2.05) is 24.0 Å². The monoisotopic (exact) mass is 557 g/mol. The largest absolute Gasteiger partial charge is 0.385 e. The molecule has 4 aromatic rings. The van der Waals surface area contributed by atoms with Gasteiger partial charge in [0.1, 0.15) is 5.82 Å². The van der Waals surface area contributed by atoms with E-state index in [9.17, 15) is 9.59 Å². The van der Waals surface area contributed by atoms with Gasteiger partial charge in [0.2, 0.25) is 5.91 Å². The van der Waals surface area contributed by atoms with Gasteiger partial charge < -0.3 is 19.2 Å². The molecular formula is C34H40FN3O3. The second kappa shape index (κ2) is 12.9. The molecule has 0 spiro atoms. The second-order valence-corrected chi connectivity index (χ2v) is 11.3. The van der Waals surface area contributed by atoms with E-state index in [0.29, 0.717) is 37.2 Å². The van der Waals surface area contributed by atoms with E-state index in [1.54, 1.807) is 19.4 Å². The van der Waals surface area contributed by atoms with E-state index in [-0.39, 0.29) is 23.2 Å². The topological polar surface area (TPSA) is 67.3 Å². The quantitative estimate of drug-likeness (QED) is 0.226. The minimum absolute atomic E-state index is 0.0661. The zero-order valence-electron chi connectivity index (χ0n) is 24.3. The van der Waals surface area contributed by atoms with Gasteiger partial charge in [-0.3, -0.25) is 9.59 Å². The molecule has 2 aromatic heterocycles. The molecule has 2 aromatic carbocycles. The van der Waals surface area contributed by atoms with Crippen molar-refractivity contribution in [1.29, 1.82) is 0 Å². The van der Waals surface area contributed by atoms with Gasteiger partial charge in [-0.2, -0.15) is 0 Å². The van der Waals surface area contributed by atoms with Crippen LogP contribution in [0.25, 0.3) is 22.0 Å². The third-order valence-corrected chi connectivity index (χ3v) is 8.46. The molecule has 7 heteroatoms.